The Balaban J connectivity index is 1.67. The maximum absolute atomic E-state index is 15.1. The molecule has 1 aromatic heterocycles. The molecule has 1 amide bonds. The van der Waals surface area contributed by atoms with E-state index in [0.29, 0.717) is 12.1 Å². The Hall–Kier alpha value is -3.75. The van der Waals surface area contributed by atoms with E-state index in [-0.39, 0.29) is 53.7 Å². The van der Waals surface area contributed by atoms with Crippen molar-refractivity contribution in [2.45, 2.75) is 65.8 Å². The molecule has 2 aliphatic rings. The van der Waals surface area contributed by atoms with Crippen molar-refractivity contribution in [3.8, 4) is 0 Å². The van der Waals surface area contributed by atoms with Crippen LogP contribution >= 0.6 is 0 Å². The molecule has 3 aromatic rings. The van der Waals surface area contributed by atoms with Crippen LogP contribution in [0.15, 0.2) is 70.5 Å². The molecule has 3 atom stereocenters. The maximum Gasteiger partial charge on any atom is 0.435 e. The Morgan fingerprint density at radius 1 is 0.933 bits per heavy atom. The summed E-state index contributed by atoms with van der Waals surface area (Å²) in [5.41, 5.74) is -8.27. The summed E-state index contributed by atoms with van der Waals surface area (Å²) < 4.78 is 139. The molecule has 1 fully saturated rings. The molecule has 242 valence electrons. The van der Waals surface area contributed by atoms with E-state index in [9.17, 15) is 48.7 Å². The Kier molecular flexibility index (Phi) is 7.94. The second kappa shape index (κ2) is 11.0. The molecule has 0 radical (unpaired) electrons. The van der Waals surface area contributed by atoms with Crippen molar-refractivity contribution in [2.24, 2.45) is 13.0 Å². The highest BCUT2D eigenvalue weighted by molar-refractivity contribution is 7.92. The minimum Gasteiger partial charge on any atom is -0.349 e. The number of amides is 1. The standard InChI is InChI=1S/C30H26F8N2O4S/c1-40-14-12-18(16-25(40)41)26(42)39-24-11-13-27(45(43,44)21-8-6-20(31)7-9-21)22-10-5-19(15-17(22)3-2-4-23(24)27)28(32,29(33,34)35)30(36,37)38/h5-10,12,14-16,23-24H,2-4,11,13H2,1H3,(H,39,42)/t23-,24+,27+/m0/s1. The number of aryl methyl sites for hydroxylation is 2. The quantitative estimate of drug-likeness (QED) is 0.267. The highest BCUT2D eigenvalue weighted by atomic mass is 32.2. The van der Waals surface area contributed by atoms with E-state index in [4.69, 9.17) is 0 Å². The first-order valence-corrected chi connectivity index (χ1v) is 15.3. The number of carbonyl (C=O) groups excluding carboxylic acids is 1. The summed E-state index contributed by atoms with van der Waals surface area (Å²) in [6.07, 6.45) is -11.6. The topological polar surface area (TPSA) is 85.2 Å². The number of nitrogens with zero attached hydrogens (tertiary/aromatic N) is 1. The number of fused-ring (bicyclic) bond motifs is 3. The highest BCUT2D eigenvalue weighted by Gasteiger charge is 2.73. The van der Waals surface area contributed by atoms with Gasteiger partial charge in [0.1, 0.15) is 10.6 Å². The number of aromatic nitrogens is 1. The van der Waals surface area contributed by atoms with Gasteiger partial charge in [0.05, 0.1) is 4.90 Å². The maximum atomic E-state index is 15.1. The third kappa shape index (κ3) is 5.12. The van der Waals surface area contributed by atoms with E-state index in [1.165, 1.54) is 23.9 Å². The van der Waals surface area contributed by atoms with Crippen LogP contribution in [0.3, 0.4) is 0 Å². The number of pyridine rings is 1. The molecule has 0 aliphatic heterocycles. The molecular weight excluding hydrogens is 636 g/mol. The van der Waals surface area contributed by atoms with Gasteiger partial charge in [-0.1, -0.05) is 18.2 Å². The van der Waals surface area contributed by atoms with Crippen molar-refractivity contribution in [2.75, 3.05) is 0 Å². The highest BCUT2D eigenvalue weighted by Crippen LogP contribution is 2.58. The van der Waals surface area contributed by atoms with Crippen molar-refractivity contribution in [1.29, 1.82) is 0 Å². The Morgan fingerprint density at radius 2 is 1.58 bits per heavy atom. The predicted octanol–water partition coefficient (Wildman–Crippen LogP) is 6.03. The number of sulfone groups is 1. The fourth-order valence-corrected chi connectivity index (χ4v) is 9.17. The van der Waals surface area contributed by atoms with Gasteiger partial charge in [0.15, 0.2) is 9.84 Å². The van der Waals surface area contributed by atoms with Crippen molar-refractivity contribution in [3.05, 3.63) is 99.2 Å². The molecule has 0 bridgehead atoms. The van der Waals surface area contributed by atoms with Crippen LogP contribution < -0.4 is 10.9 Å². The second-order valence-corrected chi connectivity index (χ2v) is 13.6. The van der Waals surface area contributed by atoms with Gasteiger partial charge >= 0.3 is 18.0 Å². The van der Waals surface area contributed by atoms with E-state index >= 15 is 4.39 Å². The number of hydrogen-bond acceptors (Lipinski definition) is 4. The van der Waals surface area contributed by atoms with Gasteiger partial charge in [-0.25, -0.2) is 17.2 Å². The number of alkyl halides is 7. The molecule has 0 saturated heterocycles. The zero-order valence-electron chi connectivity index (χ0n) is 23.5. The fraction of sp³-hybridized carbons (Fsp3) is 0.400. The molecule has 5 rings (SSSR count). The summed E-state index contributed by atoms with van der Waals surface area (Å²) in [5.74, 6) is -2.39. The summed E-state index contributed by atoms with van der Waals surface area (Å²) in [4.78, 5) is 24.9. The fourth-order valence-electron chi connectivity index (χ4n) is 6.70. The zero-order valence-corrected chi connectivity index (χ0v) is 24.3. The van der Waals surface area contributed by atoms with Gasteiger partial charge in [0.25, 0.3) is 11.5 Å². The molecule has 1 saturated carbocycles. The van der Waals surface area contributed by atoms with Crippen LogP contribution in [-0.2, 0) is 33.7 Å². The lowest BCUT2D eigenvalue weighted by Gasteiger charge is -2.38. The van der Waals surface area contributed by atoms with Crippen LogP contribution in [0.1, 0.15) is 52.7 Å². The molecule has 1 heterocycles. The minimum atomic E-state index is -6.37. The largest absolute Gasteiger partial charge is 0.435 e. The average molecular weight is 663 g/mol. The van der Waals surface area contributed by atoms with Crippen LogP contribution in [0.2, 0.25) is 0 Å². The molecule has 2 aliphatic carbocycles. The first kappa shape index (κ1) is 32.6. The van der Waals surface area contributed by atoms with Crippen molar-refractivity contribution >= 4 is 15.7 Å². The van der Waals surface area contributed by atoms with Crippen LogP contribution in [-0.4, -0.2) is 37.3 Å². The Labute approximate surface area is 252 Å². The van der Waals surface area contributed by atoms with Gasteiger partial charge in [0.2, 0.25) is 0 Å². The summed E-state index contributed by atoms with van der Waals surface area (Å²) in [6, 6.07) is 6.92. The Morgan fingerprint density at radius 3 is 2.18 bits per heavy atom. The summed E-state index contributed by atoms with van der Waals surface area (Å²) >= 11 is 0. The number of carbonyl (C=O) groups is 1. The molecule has 45 heavy (non-hydrogen) atoms. The summed E-state index contributed by atoms with van der Waals surface area (Å²) in [6.45, 7) is 0. The number of nitrogens with one attached hydrogen (secondary N) is 1. The zero-order chi connectivity index (χ0) is 33.2. The first-order valence-electron chi connectivity index (χ1n) is 13.8. The number of benzene rings is 2. The smallest absolute Gasteiger partial charge is 0.349 e. The number of hydrogen-bond donors (Lipinski definition) is 1. The average Bonchev–Trinajstić information content (AvgIpc) is 3.22. The molecule has 0 spiro atoms. The number of rotatable bonds is 5. The van der Waals surface area contributed by atoms with E-state index in [0.717, 1.165) is 36.4 Å². The molecular formula is C30H26F8N2O4S. The van der Waals surface area contributed by atoms with Crippen LogP contribution in [0.4, 0.5) is 35.1 Å². The van der Waals surface area contributed by atoms with Crippen molar-refractivity contribution in [1.82, 2.24) is 9.88 Å². The van der Waals surface area contributed by atoms with Gasteiger partial charge in [-0.05, 0) is 73.6 Å². The van der Waals surface area contributed by atoms with Gasteiger partial charge in [0, 0.05) is 42.4 Å². The lowest BCUT2D eigenvalue weighted by molar-refractivity contribution is -0.348. The van der Waals surface area contributed by atoms with E-state index < -0.39 is 67.4 Å². The van der Waals surface area contributed by atoms with E-state index in [1.54, 1.807) is 0 Å². The SMILES string of the molecule is Cn1ccc(C(=O)N[C@@H]2CC[C@@]3(S(=O)(=O)c4ccc(F)cc4)c4ccc(C(F)(C(F)(F)F)C(F)(F)F)cc4CCC[C@@H]23)cc1=O. The lowest BCUT2D eigenvalue weighted by Crippen LogP contribution is -2.50. The van der Waals surface area contributed by atoms with Gasteiger partial charge in [-0.15, -0.1) is 0 Å². The summed E-state index contributed by atoms with van der Waals surface area (Å²) in [7, 11) is -3.10. The Bertz CT molecular complexity index is 1790. The van der Waals surface area contributed by atoms with Gasteiger partial charge in [-0.3, -0.25) is 9.59 Å². The second-order valence-electron chi connectivity index (χ2n) is 11.4. The van der Waals surface area contributed by atoms with Gasteiger partial charge in [-0.2, -0.15) is 26.3 Å². The lowest BCUT2D eigenvalue weighted by atomic mass is 9.82. The molecule has 15 heteroatoms. The molecule has 6 nitrogen and oxygen atoms in total. The number of halogens is 8. The van der Waals surface area contributed by atoms with Crippen LogP contribution in [0.5, 0.6) is 0 Å². The van der Waals surface area contributed by atoms with Crippen LogP contribution in [0.25, 0.3) is 0 Å². The third-order valence-corrected chi connectivity index (χ3v) is 11.5. The molecule has 0 unspecified atom stereocenters. The normalized spacial score (nSPS) is 22.3. The van der Waals surface area contributed by atoms with Crippen molar-refractivity contribution < 1.29 is 48.3 Å². The van der Waals surface area contributed by atoms with Crippen LogP contribution in [0, 0.1) is 11.7 Å². The van der Waals surface area contributed by atoms with E-state index in [2.05, 4.69) is 5.32 Å². The predicted molar refractivity (Wildman–Crippen MR) is 145 cm³/mol. The minimum absolute atomic E-state index is 0.00533. The monoisotopic (exact) mass is 662 g/mol. The van der Waals surface area contributed by atoms with Gasteiger partial charge < -0.3 is 9.88 Å². The third-order valence-electron chi connectivity index (χ3n) is 8.90. The first-order chi connectivity index (χ1) is 20.8. The molecule has 1 N–H and O–H groups in total. The van der Waals surface area contributed by atoms with E-state index in [1.807, 2.05) is 0 Å². The molecule has 2 aromatic carbocycles. The van der Waals surface area contributed by atoms with Crippen molar-refractivity contribution in [3.63, 3.8) is 0 Å². The summed E-state index contributed by atoms with van der Waals surface area (Å²) in [5, 5.41) is 2.76.